The smallest absolute Gasteiger partial charge is 0.270 e. The predicted molar refractivity (Wildman–Crippen MR) is 123 cm³/mol. The molecule has 0 saturated carbocycles. The molecular formula is C23H24N2O7S. The summed E-state index contributed by atoms with van der Waals surface area (Å²) >= 11 is 0. The van der Waals surface area contributed by atoms with Crippen LogP contribution in [0.1, 0.15) is 0 Å². The number of sulfonamides is 1. The fraction of sp³-hybridized carbons (Fsp3) is 0.217. The van der Waals surface area contributed by atoms with Crippen LogP contribution < -0.4 is 14.2 Å². The molecule has 0 bridgehead atoms. The first-order valence-electron chi connectivity index (χ1n) is 9.93. The molecule has 0 amide bonds. The third-order valence-corrected chi connectivity index (χ3v) is 6.62. The van der Waals surface area contributed by atoms with Gasteiger partial charge in [0.1, 0.15) is 30.5 Å². The number of non-ortho nitro benzene ring substituents is 1. The van der Waals surface area contributed by atoms with E-state index in [1.54, 1.807) is 49.6 Å². The van der Waals surface area contributed by atoms with Gasteiger partial charge in [-0.05, 0) is 48.0 Å². The van der Waals surface area contributed by atoms with Gasteiger partial charge in [0.2, 0.25) is 10.0 Å². The van der Waals surface area contributed by atoms with E-state index in [0.29, 0.717) is 22.8 Å². The van der Waals surface area contributed by atoms with Crippen molar-refractivity contribution in [1.29, 1.82) is 0 Å². The first kappa shape index (κ1) is 24.0. The van der Waals surface area contributed by atoms with Gasteiger partial charge in [-0.15, -0.1) is 0 Å². The summed E-state index contributed by atoms with van der Waals surface area (Å²) in [6, 6.07) is 17.6. The van der Waals surface area contributed by atoms with Gasteiger partial charge in [0.25, 0.3) is 5.69 Å². The second-order valence-electron chi connectivity index (χ2n) is 7.12. The molecule has 174 valence electrons. The highest BCUT2D eigenvalue weighted by atomic mass is 32.2. The van der Waals surface area contributed by atoms with Crippen molar-refractivity contribution in [3.63, 3.8) is 0 Å². The molecule has 0 fully saturated rings. The van der Waals surface area contributed by atoms with E-state index >= 15 is 0 Å². The summed E-state index contributed by atoms with van der Waals surface area (Å²) in [6.45, 7) is 0.373. The molecule has 0 aliphatic carbocycles. The van der Waals surface area contributed by atoms with E-state index in [4.69, 9.17) is 14.2 Å². The van der Waals surface area contributed by atoms with Crippen molar-refractivity contribution in [1.82, 2.24) is 4.31 Å². The lowest BCUT2D eigenvalue weighted by atomic mass is 10.0. The Balaban J connectivity index is 1.68. The molecule has 0 atom stereocenters. The number of benzene rings is 3. The van der Waals surface area contributed by atoms with Gasteiger partial charge in [-0.1, -0.05) is 12.1 Å². The molecule has 0 radical (unpaired) electrons. The lowest BCUT2D eigenvalue weighted by molar-refractivity contribution is -0.384. The Morgan fingerprint density at radius 1 is 0.879 bits per heavy atom. The van der Waals surface area contributed by atoms with Crippen molar-refractivity contribution in [2.75, 3.05) is 34.4 Å². The van der Waals surface area contributed by atoms with Crippen molar-refractivity contribution in [3.8, 4) is 28.4 Å². The number of ether oxygens (including phenoxy) is 3. The zero-order valence-corrected chi connectivity index (χ0v) is 19.2. The van der Waals surface area contributed by atoms with Gasteiger partial charge in [-0.3, -0.25) is 10.1 Å². The zero-order valence-electron chi connectivity index (χ0n) is 18.4. The Kier molecular flexibility index (Phi) is 7.52. The Hall–Kier alpha value is -3.63. The molecule has 0 N–H and O–H groups in total. The summed E-state index contributed by atoms with van der Waals surface area (Å²) in [7, 11) is 0.994. The third kappa shape index (κ3) is 5.79. The summed E-state index contributed by atoms with van der Waals surface area (Å²) in [5.41, 5.74) is 1.27. The maximum Gasteiger partial charge on any atom is 0.270 e. The van der Waals surface area contributed by atoms with Crippen molar-refractivity contribution in [2.45, 2.75) is 4.90 Å². The number of nitro groups is 1. The van der Waals surface area contributed by atoms with E-state index in [1.807, 2.05) is 0 Å². The molecule has 0 heterocycles. The molecule has 9 nitrogen and oxygen atoms in total. The molecule has 0 saturated heterocycles. The van der Waals surface area contributed by atoms with E-state index in [2.05, 4.69) is 0 Å². The van der Waals surface area contributed by atoms with Gasteiger partial charge in [-0.25, -0.2) is 12.7 Å². The maximum absolute atomic E-state index is 12.1. The highest BCUT2D eigenvalue weighted by Crippen LogP contribution is 2.34. The molecule has 0 aromatic heterocycles. The summed E-state index contributed by atoms with van der Waals surface area (Å²) < 4.78 is 42.0. The van der Waals surface area contributed by atoms with Crippen LogP contribution in [0.15, 0.2) is 71.6 Å². The number of nitro benzene ring substituents is 1. The summed E-state index contributed by atoms with van der Waals surface area (Å²) in [5, 5.41) is 11.2. The SMILES string of the molecule is COc1ccc(-c2cc([N+](=O)[O-])ccc2OCCOc2ccc(S(=O)(=O)N(C)C)cc2)cc1. The van der Waals surface area contributed by atoms with Crippen LogP contribution in [0.5, 0.6) is 17.2 Å². The first-order chi connectivity index (χ1) is 15.7. The summed E-state index contributed by atoms with van der Waals surface area (Å²) in [4.78, 5) is 10.9. The minimum Gasteiger partial charge on any atom is -0.497 e. The quantitative estimate of drug-likeness (QED) is 0.249. The van der Waals surface area contributed by atoms with Crippen LogP contribution >= 0.6 is 0 Å². The van der Waals surface area contributed by atoms with Crippen LogP contribution in [-0.2, 0) is 10.0 Å². The van der Waals surface area contributed by atoms with Crippen LogP contribution in [0.3, 0.4) is 0 Å². The highest BCUT2D eigenvalue weighted by molar-refractivity contribution is 7.89. The van der Waals surface area contributed by atoms with Crippen molar-refractivity contribution < 1.29 is 27.6 Å². The molecule has 3 aromatic rings. The van der Waals surface area contributed by atoms with Crippen LogP contribution in [0.2, 0.25) is 0 Å². The molecule has 3 aromatic carbocycles. The van der Waals surface area contributed by atoms with Crippen LogP contribution in [0.4, 0.5) is 5.69 Å². The highest BCUT2D eigenvalue weighted by Gasteiger charge is 2.17. The minimum atomic E-state index is -3.50. The summed E-state index contributed by atoms with van der Waals surface area (Å²) in [6.07, 6.45) is 0. The fourth-order valence-electron chi connectivity index (χ4n) is 2.98. The topological polar surface area (TPSA) is 108 Å². The number of hydrogen-bond acceptors (Lipinski definition) is 7. The Labute approximate surface area is 192 Å². The van der Waals surface area contributed by atoms with Gasteiger partial charge in [-0.2, -0.15) is 0 Å². The number of rotatable bonds is 10. The standard InChI is InChI=1S/C23H24N2O7S/c1-24(2)33(28,29)21-11-9-20(10-12-21)31-14-15-32-23-13-6-18(25(26)27)16-22(23)17-4-7-19(30-3)8-5-17/h4-13,16H,14-15H2,1-3H3. The molecule has 0 unspecified atom stereocenters. The Bertz CT molecular complexity index is 1210. The van der Waals surface area contributed by atoms with E-state index in [1.165, 1.54) is 38.4 Å². The second kappa shape index (κ2) is 10.3. The molecular weight excluding hydrogens is 448 g/mol. The minimum absolute atomic E-state index is 0.0443. The first-order valence-corrected chi connectivity index (χ1v) is 11.4. The average Bonchev–Trinajstić information content (AvgIpc) is 2.82. The van der Waals surface area contributed by atoms with Gasteiger partial charge < -0.3 is 14.2 Å². The van der Waals surface area contributed by atoms with Crippen molar-refractivity contribution in [3.05, 3.63) is 76.8 Å². The number of hydrogen-bond donors (Lipinski definition) is 0. The third-order valence-electron chi connectivity index (χ3n) is 4.79. The lowest BCUT2D eigenvalue weighted by Gasteiger charge is -2.14. The van der Waals surface area contributed by atoms with Gasteiger partial charge >= 0.3 is 0 Å². The van der Waals surface area contributed by atoms with Crippen LogP contribution in [0.25, 0.3) is 11.1 Å². The molecule has 10 heteroatoms. The van der Waals surface area contributed by atoms with Gasteiger partial charge in [0.05, 0.1) is 16.9 Å². The van der Waals surface area contributed by atoms with E-state index in [0.717, 1.165) is 9.87 Å². The maximum atomic E-state index is 12.1. The fourth-order valence-corrected chi connectivity index (χ4v) is 3.89. The van der Waals surface area contributed by atoms with Crippen molar-refractivity contribution >= 4 is 15.7 Å². The second-order valence-corrected chi connectivity index (χ2v) is 9.27. The normalized spacial score (nSPS) is 11.3. The monoisotopic (exact) mass is 472 g/mol. The predicted octanol–water partition coefficient (Wildman–Crippen LogP) is 3.98. The van der Waals surface area contributed by atoms with Crippen LogP contribution in [0, 0.1) is 10.1 Å². The molecule has 0 aliphatic rings. The molecule has 33 heavy (non-hydrogen) atoms. The molecule has 0 aliphatic heterocycles. The lowest BCUT2D eigenvalue weighted by Crippen LogP contribution is -2.22. The van der Waals surface area contributed by atoms with Crippen LogP contribution in [-0.4, -0.2) is 52.1 Å². The summed E-state index contributed by atoms with van der Waals surface area (Å²) in [5.74, 6) is 1.64. The van der Waals surface area contributed by atoms with Gasteiger partial charge in [0.15, 0.2) is 0 Å². The van der Waals surface area contributed by atoms with Crippen molar-refractivity contribution in [2.24, 2.45) is 0 Å². The number of methoxy groups -OCH3 is 1. The largest absolute Gasteiger partial charge is 0.497 e. The van der Waals surface area contributed by atoms with E-state index in [-0.39, 0.29) is 23.8 Å². The zero-order chi connectivity index (χ0) is 24.0. The molecule has 3 rings (SSSR count). The Morgan fingerprint density at radius 3 is 2.06 bits per heavy atom. The Morgan fingerprint density at radius 2 is 1.48 bits per heavy atom. The number of nitrogens with zero attached hydrogens (tertiary/aromatic N) is 2. The van der Waals surface area contributed by atoms with Gasteiger partial charge in [0, 0.05) is 31.8 Å². The van der Waals surface area contributed by atoms with E-state index < -0.39 is 14.9 Å². The van der Waals surface area contributed by atoms with E-state index in [9.17, 15) is 18.5 Å². The molecule has 0 spiro atoms. The average molecular weight is 473 g/mol.